The fraction of sp³-hybridized carbons (Fsp3) is 0.450. The van der Waals surface area contributed by atoms with Gasteiger partial charge in [-0.3, -0.25) is 4.79 Å². The summed E-state index contributed by atoms with van der Waals surface area (Å²) in [6.07, 6.45) is 2.51. The number of rotatable bonds is 4. The number of benzene rings is 1. The monoisotopic (exact) mass is 454 g/mol. The molecule has 29 heavy (non-hydrogen) atoms. The van der Waals surface area contributed by atoms with Crippen molar-refractivity contribution in [1.29, 1.82) is 0 Å². The van der Waals surface area contributed by atoms with E-state index in [9.17, 15) is 13.2 Å². The molecule has 1 amide bonds. The van der Waals surface area contributed by atoms with Crippen molar-refractivity contribution in [2.24, 2.45) is 0 Å². The minimum Gasteiger partial charge on any atom is -0.370 e. The second-order valence-electron chi connectivity index (χ2n) is 7.24. The zero-order valence-corrected chi connectivity index (χ0v) is 18.3. The summed E-state index contributed by atoms with van der Waals surface area (Å²) in [5, 5.41) is 2.32. The highest BCUT2D eigenvalue weighted by molar-refractivity contribution is 7.89. The molecule has 1 unspecified atom stereocenters. The molecule has 0 radical (unpaired) electrons. The Bertz CT molecular complexity index is 969. The SMILES string of the molecule is O=C(c1sccc1S(=O)(=O)N1CCCCC1)N1CCOC(c2ccc(Cl)cc2)C1. The van der Waals surface area contributed by atoms with Gasteiger partial charge in [0.1, 0.15) is 15.9 Å². The molecule has 0 aliphatic carbocycles. The van der Waals surface area contributed by atoms with Crippen LogP contribution in [-0.2, 0) is 14.8 Å². The highest BCUT2D eigenvalue weighted by atomic mass is 35.5. The number of morpholine rings is 1. The molecular formula is C20H23ClN2O4S2. The third-order valence-corrected chi connectivity index (χ3v) is 8.58. The van der Waals surface area contributed by atoms with E-state index in [-0.39, 0.29) is 21.8 Å². The Balaban J connectivity index is 1.54. The molecular weight excluding hydrogens is 432 g/mol. The van der Waals surface area contributed by atoms with Gasteiger partial charge in [0.15, 0.2) is 0 Å². The first-order valence-corrected chi connectivity index (χ1v) is 12.4. The standard InChI is InChI=1S/C20H23ClN2O4S2/c21-16-6-4-15(5-7-16)17-14-22(11-12-27-17)20(24)19-18(8-13-28-19)29(25,26)23-9-2-1-3-10-23/h4-8,13,17H,1-3,9-12,14H2. The van der Waals surface area contributed by atoms with Crippen molar-refractivity contribution >= 4 is 38.9 Å². The van der Waals surface area contributed by atoms with Gasteiger partial charge in [0.05, 0.1) is 13.2 Å². The van der Waals surface area contributed by atoms with Crippen LogP contribution in [0.15, 0.2) is 40.6 Å². The Hall–Kier alpha value is -1.45. The third-order valence-electron chi connectivity index (χ3n) is 5.35. The molecule has 2 aromatic rings. The average molecular weight is 455 g/mol. The first-order valence-electron chi connectivity index (χ1n) is 9.71. The number of halogens is 1. The van der Waals surface area contributed by atoms with Gasteiger partial charge >= 0.3 is 0 Å². The summed E-state index contributed by atoms with van der Waals surface area (Å²) in [5.41, 5.74) is 0.944. The van der Waals surface area contributed by atoms with Crippen LogP contribution in [0.2, 0.25) is 5.02 Å². The van der Waals surface area contributed by atoms with Gasteiger partial charge in [-0.25, -0.2) is 8.42 Å². The van der Waals surface area contributed by atoms with E-state index in [0.717, 1.165) is 24.8 Å². The van der Waals surface area contributed by atoms with Gasteiger partial charge in [0, 0.05) is 24.7 Å². The van der Waals surface area contributed by atoms with Crippen LogP contribution in [0.25, 0.3) is 0 Å². The fourth-order valence-corrected chi connectivity index (χ4v) is 6.76. The summed E-state index contributed by atoms with van der Waals surface area (Å²) in [6, 6.07) is 8.92. The molecule has 2 fully saturated rings. The smallest absolute Gasteiger partial charge is 0.265 e. The maximum absolute atomic E-state index is 13.2. The first kappa shape index (κ1) is 20.8. The van der Waals surface area contributed by atoms with Crippen LogP contribution < -0.4 is 0 Å². The number of amides is 1. The Labute approximate surface area is 180 Å². The van der Waals surface area contributed by atoms with E-state index in [1.54, 1.807) is 28.5 Å². The number of nitrogens with zero attached hydrogens (tertiary/aromatic N) is 2. The number of ether oxygens (including phenoxy) is 1. The van der Waals surface area contributed by atoms with Crippen molar-refractivity contribution in [3.63, 3.8) is 0 Å². The molecule has 0 bridgehead atoms. The minimum absolute atomic E-state index is 0.129. The van der Waals surface area contributed by atoms with Crippen molar-refractivity contribution in [2.45, 2.75) is 30.3 Å². The van der Waals surface area contributed by atoms with E-state index >= 15 is 0 Å². The van der Waals surface area contributed by atoms with Gasteiger partial charge in [-0.2, -0.15) is 4.31 Å². The summed E-state index contributed by atoms with van der Waals surface area (Å²) in [6.45, 7) is 2.24. The van der Waals surface area contributed by atoms with Crippen molar-refractivity contribution in [2.75, 3.05) is 32.8 Å². The maximum atomic E-state index is 13.2. The van der Waals surface area contributed by atoms with Crippen molar-refractivity contribution in [3.8, 4) is 0 Å². The molecule has 3 heterocycles. The molecule has 6 nitrogen and oxygen atoms in total. The zero-order chi connectivity index (χ0) is 20.4. The van der Waals surface area contributed by atoms with Crippen molar-refractivity contribution in [3.05, 3.63) is 51.2 Å². The highest BCUT2D eigenvalue weighted by Crippen LogP contribution is 2.30. The molecule has 9 heteroatoms. The lowest BCUT2D eigenvalue weighted by Crippen LogP contribution is -2.43. The van der Waals surface area contributed by atoms with Crippen LogP contribution in [0.1, 0.15) is 40.6 Å². The second-order valence-corrected chi connectivity index (χ2v) is 10.5. The van der Waals surface area contributed by atoms with Gasteiger partial charge in [0.25, 0.3) is 5.91 Å². The lowest BCUT2D eigenvalue weighted by Gasteiger charge is -2.33. The van der Waals surface area contributed by atoms with Gasteiger partial charge in [-0.1, -0.05) is 30.2 Å². The van der Waals surface area contributed by atoms with E-state index in [1.807, 2.05) is 12.1 Å². The molecule has 156 valence electrons. The van der Waals surface area contributed by atoms with Crippen LogP contribution in [0.3, 0.4) is 0 Å². The Morgan fingerprint density at radius 3 is 2.52 bits per heavy atom. The van der Waals surface area contributed by atoms with Gasteiger partial charge in [0.2, 0.25) is 10.0 Å². The van der Waals surface area contributed by atoms with Crippen LogP contribution in [0.4, 0.5) is 0 Å². The van der Waals surface area contributed by atoms with E-state index in [0.29, 0.717) is 37.8 Å². The van der Waals surface area contributed by atoms with E-state index in [1.165, 1.54) is 15.6 Å². The predicted molar refractivity (Wildman–Crippen MR) is 113 cm³/mol. The molecule has 0 spiro atoms. The summed E-state index contributed by atoms with van der Waals surface area (Å²) in [4.78, 5) is 15.3. The van der Waals surface area contributed by atoms with Crippen LogP contribution in [0, 0.1) is 0 Å². The summed E-state index contributed by atoms with van der Waals surface area (Å²) in [5.74, 6) is -0.252. The van der Waals surface area contributed by atoms with Gasteiger partial charge in [-0.05, 0) is 42.0 Å². The maximum Gasteiger partial charge on any atom is 0.265 e. The molecule has 0 N–H and O–H groups in total. The molecule has 2 aliphatic rings. The summed E-state index contributed by atoms with van der Waals surface area (Å²) >= 11 is 7.14. The van der Waals surface area contributed by atoms with Gasteiger partial charge in [-0.15, -0.1) is 11.3 Å². The fourth-order valence-electron chi connectivity index (χ4n) is 3.76. The lowest BCUT2D eigenvalue weighted by molar-refractivity contribution is -0.0227. The molecule has 2 saturated heterocycles. The highest BCUT2D eigenvalue weighted by Gasteiger charge is 2.34. The number of carbonyl (C=O) groups excluding carboxylic acids is 1. The van der Waals surface area contributed by atoms with Gasteiger partial charge < -0.3 is 9.64 Å². The third kappa shape index (κ3) is 4.36. The summed E-state index contributed by atoms with van der Waals surface area (Å²) in [7, 11) is -3.65. The normalized spacial score (nSPS) is 21.3. The molecule has 1 aromatic heterocycles. The van der Waals surface area contributed by atoms with Crippen LogP contribution in [0.5, 0.6) is 0 Å². The number of hydrogen-bond donors (Lipinski definition) is 0. The second kappa shape index (κ2) is 8.73. The number of hydrogen-bond acceptors (Lipinski definition) is 5. The van der Waals surface area contributed by atoms with Crippen molar-refractivity contribution in [1.82, 2.24) is 9.21 Å². The van der Waals surface area contributed by atoms with Crippen LogP contribution in [-0.4, -0.2) is 56.3 Å². The minimum atomic E-state index is -3.65. The largest absolute Gasteiger partial charge is 0.370 e. The Morgan fingerprint density at radius 1 is 1.07 bits per heavy atom. The number of carbonyl (C=O) groups is 1. The van der Waals surface area contributed by atoms with Crippen LogP contribution >= 0.6 is 22.9 Å². The average Bonchev–Trinajstić information content (AvgIpc) is 3.25. The molecule has 1 atom stereocenters. The van der Waals surface area contributed by atoms with E-state index in [2.05, 4.69) is 0 Å². The zero-order valence-electron chi connectivity index (χ0n) is 15.9. The number of sulfonamides is 1. The number of piperidine rings is 1. The van der Waals surface area contributed by atoms with E-state index < -0.39 is 10.0 Å². The first-order chi connectivity index (χ1) is 14.0. The summed E-state index contributed by atoms with van der Waals surface area (Å²) < 4.78 is 33.5. The molecule has 0 saturated carbocycles. The molecule has 1 aromatic carbocycles. The lowest BCUT2D eigenvalue weighted by atomic mass is 10.1. The predicted octanol–water partition coefficient (Wildman–Crippen LogP) is 3.79. The van der Waals surface area contributed by atoms with E-state index in [4.69, 9.17) is 16.3 Å². The quantitative estimate of drug-likeness (QED) is 0.704. The molecule has 4 rings (SSSR count). The van der Waals surface area contributed by atoms with Crippen molar-refractivity contribution < 1.29 is 17.9 Å². The Morgan fingerprint density at radius 2 is 1.79 bits per heavy atom. The Kier molecular flexibility index (Phi) is 6.27. The number of thiophene rings is 1. The topological polar surface area (TPSA) is 66.9 Å². The molecule has 2 aliphatic heterocycles.